The number of allylic oxidation sites excluding steroid dienone is 4. The predicted octanol–water partition coefficient (Wildman–Crippen LogP) is 8.44. The third kappa shape index (κ3) is 10.3. The number of halogens is 2. The van der Waals surface area contributed by atoms with Crippen molar-refractivity contribution in [3.05, 3.63) is 23.0 Å². The van der Waals surface area contributed by atoms with Gasteiger partial charge >= 0.3 is 0 Å². The lowest BCUT2D eigenvalue weighted by Crippen LogP contribution is -2.32. The largest absolute Gasteiger partial charge is 0.498 e. The number of rotatable bonds is 12. The molecule has 188 valence electrons. The second-order valence-electron chi connectivity index (χ2n) is 9.55. The minimum atomic E-state index is -0.817. The van der Waals surface area contributed by atoms with Gasteiger partial charge in [0.15, 0.2) is 11.7 Å². The molecule has 0 radical (unpaired) electrons. The van der Waals surface area contributed by atoms with Crippen LogP contribution >= 0.6 is 0 Å². The summed E-state index contributed by atoms with van der Waals surface area (Å²) in [7, 11) is 1.39. The molecule has 0 amide bonds. The van der Waals surface area contributed by atoms with E-state index in [1.165, 1.54) is 39.2 Å². The third-order valence-corrected chi connectivity index (χ3v) is 6.35. The standard InChI is InChI=1S/C24H40F2O3.C3H8/c1-5-6-7-8-19-11-12-20(16-29-19)28-15-17(2)9-10-18(3)21-13-14-22(27-4)24(26)23(21)25;1-3-2/h17-20H,5-16H2,1-4H3;3H2,1-2H3. The molecule has 0 saturated carbocycles. The molecule has 1 aliphatic heterocycles. The normalized spacial score (nSPS) is 23.5. The summed E-state index contributed by atoms with van der Waals surface area (Å²) in [5, 5.41) is 0. The lowest BCUT2D eigenvalue weighted by Gasteiger charge is -2.30. The van der Waals surface area contributed by atoms with Crippen LogP contribution in [0.4, 0.5) is 8.78 Å². The number of hydrogen-bond donors (Lipinski definition) is 0. The minimum Gasteiger partial charge on any atom is -0.498 e. The minimum absolute atomic E-state index is 0.0310. The Bertz CT molecular complexity index is 565. The van der Waals surface area contributed by atoms with Crippen LogP contribution in [-0.2, 0) is 14.2 Å². The molecule has 4 atom stereocenters. The van der Waals surface area contributed by atoms with Gasteiger partial charge in [0.2, 0.25) is 0 Å². The van der Waals surface area contributed by atoms with E-state index >= 15 is 0 Å². The Labute approximate surface area is 196 Å². The van der Waals surface area contributed by atoms with Crippen molar-refractivity contribution in [3.63, 3.8) is 0 Å². The zero-order valence-corrected chi connectivity index (χ0v) is 21.5. The van der Waals surface area contributed by atoms with Gasteiger partial charge in [-0.05, 0) is 55.9 Å². The van der Waals surface area contributed by atoms with Gasteiger partial charge in [0.25, 0.3) is 0 Å². The summed E-state index contributed by atoms with van der Waals surface area (Å²) in [6.07, 6.45) is 11.7. The maximum absolute atomic E-state index is 14.3. The van der Waals surface area contributed by atoms with E-state index in [2.05, 4.69) is 27.7 Å². The number of methoxy groups -OCH3 is 1. The molecule has 0 spiro atoms. The van der Waals surface area contributed by atoms with Crippen molar-refractivity contribution in [3.8, 4) is 0 Å². The van der Waals surface area contributed by atoms with Crippen molar-refractivity contribution in [2.45, 2.75) is 117 Å². The van der Waals surface area contributed by atoms with Gasteiger partial charge in [0.05, 0.1) is 25.9 Å². The Kier molecular flexibility index (Phi) is 15.1. The van der Waals surface area contributed by atoms with Crippen LogP contribution in [0.15, 0.2) is 23.0 Å². The average molecular weight is 459 g/mol. The zero-order chi connectivity index (χ0) is 23.9. The van der Waals surface area contributed by atoms with Gasteiger partial charge in [0, 0.05) is 13.0 Å². The summed E-state index contributed by atoms with van der Waals surface area (Å²) >= 11 is 0. The van der Waals surface area contributed by atoms with Gasteiger partial charge in [-0.25, -0.2) is 8.78 Å². The van der Waals surface area contributed by atoms with E-state index in [0.29, 0.717) is 43.7 Å². The molecule has 4 unspecified atom stereocenters. The summed E-state index contributed by atoms with van der Waals surface area (Å²) in [6, 6.07) is 0. The Balaban J connectivity index is 0.00000161. The fourth-order valence-corrected chi connectivity index (χ4v) is 4.24. The molecule has 32 heavy (non-hydrogen) atoms. The number of unbranched alkanes of at least 4 members (excludes halogenated alkanes) is 2. The fourth-order valence-electron chi connectivity index (χ4n) is 4.24. The molecule has 0 bridgehead atoms. The van der Waals surface area contributed by atoms with Gasteiger partial charge in [0.1, 0.15) is 5.76 Å². The highest BCUT2D eigenvalue weighted by Gasteiger charge is 2.27. The molecule has 0 N–H and O–H groups in total. The highest BCUT2D eigenvalue weighted by molar-refractivity contribution is 5.33. The molecule has 5 heteroatoms. The lowest BCUT2D eigenvalue weighted by molar-refractivity contribution is -0.0937. The van der Waals surface area contributed by atoms with Crippen molar-refractivity contribution >= 4 is 0 Å². The molecular weight excluding hydrogens is 410 g/mol. The highest BCUT2D eigenvalue weighted by atomic mass is 19.2. The Morgan fingerprint density at radius 2 is 1.72 bits per heavy atom. The average Bonchev–Trinajstić information content (AvgIpc) is 2.79. The summed E-state index contributed by atoms with van der Waals surface area (Å²) in [5.41, 5.74) is 0.589. The lowest BCUT2D eigenvalue weighted by atomic mass is 9.86. The van der Waals surface area contributed by atoms with E-state index in [1.807, 2.05) is 6.92 Å². The first kappa shape index (κ1) is 29.1. The van der Waals surface area contributed by atoms with Crippen molar-refractivity contribution < 1.29 is 23.0 Å². The predicted molar refractivity (Wildman–Crippen MR) is 129 cm³/mol. The van der Waals surface area contributed by atoms with Gasteiger partial charge in [-0.15, -0.1) is 0 Å². The van der Waals surface area contributed by atoms with E-state index in [0.717, 1.165) is 25.7 Å². The van der Waals surface area contributed by atoms with Crippen LogP contribution in [0.3, 0.4) is 0 Å². The molecular formula is C27H48F2O3. The quantitative estimate of drug-likeness (QED) is 0.275. The Hall–Kier alpha value is -0.940. The molecule has 1 fully saturated rings. The van der Waals surface area contributed by atoms with E-state index in [1.54, 1.807) is 0 Å². The first-order valence-electron chi connectivity index (χ1n) is 12.9. The molecule has 0 aromatic carbocycles. The van der Waals surface area contributed by atoms with Crippen LogP contribution in [0.5, 0.6) is 0 Å². The van der Waals surface area contributed by atoms with Crippen molar-refractivity contribution in [1.29, 1.82) is 0 Å². The molecule has 1 aliphatic carbocycles. The van der Waals surface area contributed by atoms with Gasteiger partial charge in [-0.3, -0.25) is 0 Å². The molecule has 2 rings (SSSR count). The third-order valence-electron chi connectivity index (χ3n) is 6.35. The van der Waals surface area contributed by atoms with Crippen LogP contribution < -0.4 is 0 Å². The summed E-state index contributed by atoms with van der Waals surface area (Å²) < 4.78 is 45.2. The maximum atomic E-state index is 14.3. The molecule has 2 aliphatic rings. The van der Waals surface area contributed by atoms with Crippen LogP contribution in [0, 0.1) is 11.8 Å². The second-order valence-corrected chi connectivity index (χ2v) is 9.55. The van der Waals surface area contributed by atoms with Gasteiger partial charge in [-0.1, -0.05) is 60.3 Å². The van der Waals surface area contributed by atoms with Crippen molar-refractivity contribution in [2.24, 2.45) is 11.8 Å². The summed E-state index contributed by atoms with van der Waals surface area (Å²) in [6.45, 7) is 12.0. The maximum Gasteiger partial charge on any atom is 0.196 e. The number of ether oxygens (including phenoxy) is 3. The van der Waals surface area contributed by atoms with Gasteiger partial charge < -0.3 is 14.2 Å². The molecule has 0 aromatic heterocycles. The SMILES string of the molecule is CCC.CCCCCC1CCC(OCC(C)CCC(C)C2=C(F)C(F)=C(OC)CC2)CO1. The van der Waals surface area contributed by atoms with Crippen LogP contribution in [0.1, 0.15) is 105 Å². The topological polar surface area (TPSA) is 27.7 Å². The van der Waals surface area contributed by atoms with E-state index < -0.39 is 11.7 Å². The first-order chi connectivity index (χ1) is 15.4. The van der Waals surface area contributed by atoms with E-state index in [4.69, 9.17) is 14.2 Å². The van der Waals surface area contributed by atoms with Crippen molar-refractivity contribution in [2.75, 3.05) is 20.3 Å². The van der Waals surface area contributed by atoms with Crippen molar-refractivity contribution in [1.82, 2.24) is 0 Å². The zero-order valence-electron chi connectivity index (χ0n) is 21.5. The molecule has 0 aromatic rings. The fraction of sp³-hybridized carbons (Fsp3) is 0.852. The van der Waals surface area contributed by atoms with Crippen LogP contribution in [-0.4, -0.2) is 32.5 Å². The monoisotopic (exact) mass is 458 g/mol. The first-order valence-corrected chi connectivity index (χ1v) is 12.9. The highest BCUT2D eigenvalue weighted by Crippen LogP contribution is 2.37. The summed E-state index contributed by atoms with van der Waals surface area (Å²) in [5.74, 6) is -0.979. The van der Waals surface area contributed by atoms with Gasteiger partial charge in [-0.2, -0.15) is 0 Å². The van der Waals surface area contributed by atoms with E-state index in [-0.39, 0.29) is 17.8 Å². The summed E-state index contributed by atoms with van der Waals surface area (Å²) in [4.78, 5) is 0. The molecule has 1 heterocycles. The Morgan fingerprint density at radius 1 is 1.00 bits per heavy atom. The van der Waals surface area contributed by atoms with E-state index in [9.17, 15) is 8.78 Å². The molecule has 1 saturated heterocycles. The smallest absolute Gasteiger partial charge is 0.196 e. The second kappa shape index (κ2) is 16.6. The molecule has 3 nitrogen and oxygen atoms in total. The van der Waals surface area contributed by atoms with Crippen LogP contribution in [0.25, 0.3) is 0 Å². The van der Waals surface area contributed by atoms with Crippen LogP contribution in [0.2, 0.25) is 0 Å². The Morgan fingerprint density at radius 3 is 2.31 bits per heavy atom. The number of hydrogen-bond acceptors (Lipinski definition) is 3.